The molecule has 0 saturated heterocycles. The molecule has 4 heteroatoms. The second kappa shape index (κ2) is 4.68. The molecule has 1 aromatic rings. The van der Waals surface area contributed by atoms with Gasteiger partial charge in [0.05, 0.1) is 26.9 Å². The molecule has 82 valence electrons. The number of methoxy groups -OCH3 is 3. The molecular formula is C11H14O4. The van der Waals surface area contributed by atoms with Gasteiger partial charge in [-0.3, -0.25) is 4.79 Å². The van der Waals surface area contributed by atoms with Crippen molar-refractivity contribution < 1.29 is 19.0 Å². The van der Waals surface area contributed by atoms with Crippen LogP contribution in [0.4, 0.5) is 0 Å². The summed E-state index contributed by atoms with van der Waals surface area (Å²) in [4.78, 5) is 10.8. The molecule has 0 unspecified atom stereocenters. The SMILES string of the molecule is COc1c(C)cc(C=O)c(OC)c1OC. The standard InChI is InChI=1S/C11H14O4/c1-7-5-8(6-12)10(14-3)11(15-4)9(7)13-2/h5-6H,1-4H3. The maximum Gasteiger partial charge on any atom is 0.204 e. The summed E-state index contributed by atoms with van der Waals surface area (Å²) in [5.74, 6) is 1.43. The third-order valence-corrected chi connectivity index (χ3v) is 2.14. The molecule has 0 amide bonds. The minimum absolute atomic E-state index is 0.398. The number of aldehydes is 1. The average molecular weight is 210 g/mol. The van der Waals surface area contributed by atoms with Crippen LogP contribution in [0.25, 0.3) is 0 Å². The molecule has 0 aromatic heterocycles. The van der Waals surface area contributed by atoms with Gasteiger partial charge < -0.3 is 14.2 Å². The van der Waals surface area contributed by atoms with Crippen molar-refractivity contribution in [1.82, 2.24) is 0 Å². The topological polar surface area (TPSA) is 44.8 Å². The molecule has 1 aromatic carbocycles. The lowest BCUT2D eigenvalue weighted by molar-refractivity contribution is 0.111. The summed E-state index contributed by atoms with van der Waals surface area (Å²) in [5, 5.41) is 0. The van der Waals surface area contributed by atoms with Crippen molar-refractivity contribution in [1.29, 1.82) is 0 Å². The Labute approximate surface area is 88.8 Å². The highest BCUT2D eigenvalue weighted by molar-refractivity contribution is 5.83. The monoisotopic (exact) mass is 210 g/mol. The number of hydrogen-bond acceptors (Lipinski definition) is 4. The summed E-state index contributed by atoms with van der Waals surface area (Å²) in [6.07, 6.45) is 0.730. The fraction of sp³-hybridized carbons (Fsp3) is 0.364. The molecule has 0 bridgehead atoms. The first-order chi connectivity index (χ1) is 7.19. The maximum atomic E-state index is 10.8. The zero-order chi connectivity index (χ0) is 11.4. The number of ether oxygens (including phenoxy) is 3. The van der Waals surface area contributed by atoms with Crippen molar-refractivity contribution >= 4 is 6.29 Å². The summed E-state index contributed by atoms with van der Waals surface area (Å²) in [6.45, 7) is 1.84. The van der Waals surface area contributed by atoms with Gasteiger partial charge in [-0.1, -0.05) is 0 Å². The molecule has 1 rings (SSSR count). The summed E-state index contributed by atoms with van der Waals surface area (Å²) < 4.78 is 15.5. The van der Waals surface area contributed by atoms with Crippen LogP contribution in [-0.2, 0) is 0 Å². The largest absolute Gasteiger partial charge is 0.492 e. The lowest BCUT2D eigenvalue weighted by Gasteiger charge is -2.15. The van der Waals surface area contributed by atoms with Crippen LogP contribution in [0, 0.1) is 6.92 Å². The molecule has 15 heavy (non-hydrogen) atoms. The first-order valence-corrected chi connectivity index (χ1v) is 4.44. The molecule has 0 radical (unpaired) electrons. The lowest BCUT2D eigenvalue weighted by Crippen LogP contribution is -2.00. The van der Waals surface area contributed by atoms with E-state index in [1.807, 2.05) is 6.92 Å². The molecule has 4 nitrogen and oxygen atoms in total. The van der Waals surface area contributed by atoms with Crippen molar-refractivity contribution in [2.45, 2.75) is 6.92 Å². The first kappa shape index (κ1) is 11.4. The Balaban J connectivity index is 3.51. The van der Waals surface area contributed by atoms with Crippen molar-refractivity contribution in [2.75, 3.05) is 21.3 Å². The Kier molecular flexibility index (Phi) is 3.55. The van der Waals surface area contributed by atoms with Gasteiger partial charge in [0, 0.05) is 0 Å². The Morgan fingerprint density at radius 2 is 1.53 bits per heavy atom. The second-order valence-corrected chi connectivity index (χ2v) is 3.00. The summed E-state index contributed by atoms with van der Waals surface area (Å²) in [7, 11) is 4.54. The second-order valence-electron chi connectivity index (χ2n) is 3.00. The van der Waals surface area contributed by atoms with Gasteiger partial charge in [-0.15, -0.1) is 0 Å². The number of carbonyl (C=O) groups excluding carboxylic acids is 1. The van der Waals surface area contributed by atoms with Crippen LogP contribution in [0.2, 0.25) is 0 Å². The van der Waals surface area contributed by atoms with E-state index in [2.05, 4.69) is 0 Å². The maximum absolute atomic E-state index is 10.8. The number of rotatable bonds is 4. The Morgan fingerprint density at radius 1 is 1.00 bits per heavy atom. The van der Waals surface area contributed by atoms with Gasteiger partial charge >= 0.3 is 0 Å². The third-order valence-electron chi connectivity index (χ3n) is 2.14. The molecule has 0 fully saturated rings. The first-order valence-electron chi connectivity index (χ1n) is 4.44. The molecule has 0 atom stereocenters. The molecule has 0 aliphatic heterocycles. The fourth-order valence-electron chi connectivity index (χ4n) is 1.51. The number of carbonyl (C=O) groups is 1. The predicted octanol–water partition coefficient (Wildman–Crippen LogP) is 1.83. The van der Waals surface area contributed by atoms with E-state index in [1.165, 1.54) is 14.2 Å². The molecule has 0 saturated carbocycles. The van der Waals surface area contributed by atoms with Crippen LogP contribution < -0.4 is 14.2 Å². The Bertz CT molecular complexity index is 371. The average Bonchev–Trinajstić information content (AvgIpc) is 2.27. The van der Waals surface area contributed by atoms with Crippen molar-refractivity contribution in [3.63, 3.8) is 0 Å². The Hall–Kier alpha value is -1.71. The van der Waals surface area contributed by atoms with Crippen molar-refractivity contribution in [3.8, 4) is 17.2 Å². The lowest BCUT2D eigenvalue weighted by atomic mass is 10.1. The van der Waals surface area contributed by atoms with Crippen LogP contribution in [0.5, 0.6) is 17.2 Å². The Morgan fingerprint density at radius 3 is 1.93 bits per heavy atom. The zero-order valence-electron chi connectivity index (χ0n) is 9.29. The van der Waals surface area contributed by atoms with Gasteiger partial charge in [-0.05, 0) is 18.6 Å². The third kappa shape index (κ3) is 1.88. The van der Waals surface area contributed by atoms with E-state index in [4.69, 9.17) is 14.2 Å². The van der Waals surface area contributed by atoms with E-state index in [1.54, 1.807) is 13.2 Å². The van der Waals surface area contributed by atoms with E-state index >= 15 is 0 Å². The van der Waals surface area contributed by atoms with E-state index in [9.17, 15) is 4.79 Å². The van der Waals surface area contributed by atoms with Gasteiger partial charge in [0.25, 0.3) is 0 Å². The van der Waals surface area contributed by atoms with Gasteiger partial charge in [0.2, 0.25) is 5.75 Å². The number of benzene rings is 1. The highest BCUT2D eigenvalue weighted by atomic mass is 16.5. The van der Waals surface area contributed by atoms with Gasteiger partial charge in [0.15, 0.2) is 17.8 Å². The van der Waals surface area contributed by atoms with Crippen LogP contribution in [0.1, 0.15) is 15.9 Å². The molecule has 0 heterocycles. The van der Waals surface area contributed by atoms with Gasteiger partial charge in [-0.25, -0.2) is 0 Å². The van der Waals surface area contributed by atoms with E-state index < -0.39 is 0 Å². The van der Waals surface area contributed by atoms with Crippen molar-refractivity contribution in [3.05, 3.63) is 17.2 Å². The van der Waals surface area contributed by atoms with Gasteiger partial charge in [0.1, 0.15) is 0 Å². The fourth-order valence-corrected chi connectivity index (χ4v) is 1.51. The predicted molar refractivity (Wildman–Crippen MR) is 56.2 cm³/mol. The molecule has 0 aliphatic carbocycles. The van der Waals surface area contributed by atoms with Crippen LogP contribution in [-0.4, -0.2) is 27.6 Å². The minimum atomic E-state index is 0.398. The highest BCUT2D eigenvalue weighted by Gasteiger charge is 2.17. The van der Waals surface area contributed by atoms with E-state index in [-0.39, 0.29) is 0 Å². The van der Waals surface area contributed by atoms with E-state index in [0.717, 1.165) is 11.8 Å². The van der Waals surface area contributed by atoms with Crippen LogP contribution >= 0.6 is 0 Å². The number of aryl methyl sites for hydroxylation is 1. The molecule has 0 spiro atoms. The van der Waals surface area contributed by atoms with Gasteiger partial charge in [-0.2, -0.15) is 0 Å². The minimum Gasteiger partial charge on any atom is -0.492 e. The van der Waals surface area contributed by atoms with Crippen molar-refractivity contribution in [2.24, 2.45) is 0 Å². The summed E-state index contributed by atoms with van der Waals surface area (Å²) in [5.41, 5.74) is 1.28. The van der Waals surface area contributed by atoms with Crippen LogP contribution in [0.15, 0.2) is 6.07 Å². The normalized spacial score (nSPS) is 9.60. The number of hydrogen-bond donors (Lipinski definition) is 0. The molecule has 0 aliphatic rings. The summed E-state index contributed by atoms with van der Waals surface area (Å²) >= 11 is 0. The molecule has 0 N–H and O–H groups in total. The smallest absolute Gasteiger partial charge is 0.204 e. The molecular weight excluding hydrogens is 196 g/mol. The zero-order valence-corrected chi connectivity index (χ0v) is 9.29. The highest BCUT2D eigenvalue weighted by Crippen LogP contribution is 2.41. The van der Waals surface area contributed by atoms with E-state index in [0.29, 0.717) is 22.8 Å². The van der Waals surface area contributed by atoms with Crippen LogP contribution in [0.3, 0.4) is 0 Å². The quantitative estimate of drug-likeness (QED) is 0.711. The summed E-state index contributed by atoms with van der Waals surface area (Å²) in [6, 6.07) is 1.70.